The molecule has 0 aliphatic carbocycles. The van der Waals surface area contributed by atoms with E-state index in [2.05, 4.69) is 0 Å². The number of fused-ring (bicyclic) bond motifs is 1. The number of carbonyl (C=O) groups excluding carboxylic acids is 1. The van der Waals surface area contributed by atoms with Crippen molar-refractivity contribution in [2.24, 2.45) is 0 Å². The van der Waals surface area contributed by atoms with Crippen molar-refractivity contribution < 1.29 is 4.79 Å². The zero-order chi connectivity index (χ0) is 11.7. The van der Waals surface area contributed by atoms with Gasteiger partial charge in [0.25, 0.3) is 5.91 Å². The second-order valence-corrected chi connectivity index (χ2v) is 3.97. The Kier molecular flexibility index (Phi) is 2.26. The van der Waals surface area contributed by atoms with Crippen molar-refractivity contribution in [3.8, 4) is 0 Å². The molecular formula is C15H11NO. The molecule has 0 radical (unpaired) electrons. The van der Waals surface area contributed by atoms with Gasteiger partial charge in [-0.1, -0.05) is 42.5 Å². The summed E-state index contributed by atoms with van der Waals surface area (Å²) in [5, 5.41) is 2.16. The Hall–Kier alpha value is -2.35. The molecule has 0 bridgehead atoms. The Morgan fingerprint density at radius 3 is 1.88 bits per heavy atom. The molecule has 0 aliphatic rings. The third kappa shape index (κ3) is 1.74. The fourth-order valence-electron chi connectivity index (χ4n) is 1.93. The van der Waals surface area contributed by atoms with Crippen molar-refractivity contribution in [1.29, 1.82) is 0 Å². The van der Waals surface area contributed by atoms with Gasteiger partial charge >= 0.3 is 0 Å². The lowest BCUT2D eigenvalue weighted by molar-refractivity contribution is 0.0960. The third-order valence-electron chi connectivity index (χ3n) is 2.81. The van der Waals surface area contributed by atoms with Crippen LogP contribution in [0.2, 0.25) is 0 Å². The Balaban J connectivity index is 2.07. The molecule has 2 aromatic carbocycles. The molecule has 0 atom stereocenters. The highest BCUT2D eigenvalue weighted by Crippen LogP contribution is 2.15. The molecule has 3 aromatic rings. The molecule has 0 fully saturated rings. The molecule has 1 heterocycles. The largest absolute Gasteiger partial charge is 0.289 e. The summed E-state index contributed by atoms with van der Waals surface area (Å²) in [7, 11) is 0. The minimum Gasteiger partial charge on any atom is -0.289 e. The topological polar surface area (TPSA) is 22.0 Å². The van der Waals surface area contributed by atoms with Gasteiger partial charge in [-0.25, -0.2) is 0 Å². The van der Waals surface area contributed by atoms with E-state index in [4.69, 9.17) is 0 Å². The molecule has 0 saturated carbocycles. The summed E-state index contributed by atoms with van der Waals surface area (Å²) in [5.41, 5.74) is 0.702. The number of hydrogen-bond donors (Lipinski definition) is 0. The van der Waals surface area contributed by atoms with Gasteiger partial charge in [0.15, 0.2) is 0 Å². The van der Waals surface area contributed by atoms with Gasteiger partial charge < -0.3 is 0 Å². The Bertz CT molecular complexity index is 634. The molecule has 2 heteroatoms. The van der Waals surface area contributed by atoms with Crippen LogP contribution in [0.15, 0.2) is 67.0 Å². The predicted octanol–water partition coefficient (Wildman–Crippen LogP) is 3.33. The summed E-state index contributed by atoms with van der Waals surface area (Å²) >= 11 is 0. The van der Waals surface area contributed by atoms with E-state index in [9.17, 15) is 4.79 Å². The molecule has 0 amide bonds. The lowest BCUT2D eigenvalue weighted by Crippen LogP contribution is -2.08. The average molecular weight is 221 g/mol. The molecule has 17 heavy (non-hydrogen) atoms. The maximum Gasteiger partial charge on any atom is 0.261 e. The summed E-state index contributed by atoms with van der Waals surface area (Å²) in [5.74, 6) is 0.00167. The van der Waals surface area contributed by atoms with Crippen LogP contribution >= 0.6 is 0 Å². The van der Waals surface area contributed by atoms with Crippen LogP contribution in [0.3, 0.4) is 0 Å². The molecule has 0 aliphatic heterocycles. The lowest BCUT2D eigenvalue weighted by Gasteiger charge is -2.00. The normalized spacial score (nSPS) is 10.6. The Morgan fingerprint density at radius 1 is 0.765 bits per heavy atom. The standard InChI is InChI=1S/C15H11NO/c17-15(12-6-2-1-3-7-12)16-10-13-8-4-5-9-14(13)11-16/h1-11H. The number of nitrogens with zero attached hydrogens (tertiary/aromatic N) is 1. The molecule has 2 nitrogen and oxygen atoms in total. The van der Waals surface area contributed by atoms with Crippen LogP contribution in [0.4, 0.5) is 0 Å². The zero-order valence-electron chi connectivity index (χ0n) is 9.21. The van der Waals surface area contributed by atoms with E-state index in [0.29, 0.717) is 5.56 Å². The number of hydrogen-bond acceptors (Lipinski definition) is 1. The summed E-state index contributed by atoms with van der Waals surface area (Å²) in [4.78, 5) is 12.2. The molecule has 0 spiro atoms. The van der Waals surface area contributed by atoms with E-state index in [1.165, 1.54) is 0 Å². The molecule has 82 valence electrons. The molecule has 1 aromatic heterocycles. The van der Waals surface area contributed by atoms with Crippen LogP contribution < -0.4 is 0 Å². The highest BCUT2D eigenvalue weighted by molar-refractivity contribution is 5.99. The van der Waals surface area contributed by atoms with Crippen LogP contribution in [0.25, 0.3) is 10.8 Å². The van der Waals surface area contributed by atoms with E-state index in [0.717, 1.165) is 10.8 Å². The fourth-order valence-corrected chi connectivity index (χ4v) is 1.93. The SMILES string of the molecule is O=C(c1ccccc1)n1cc2ccccc2c1. The van der Waals surface area contributed by atoms with Gasteiger partial charge in [-0.05, 0) is 22.9 Å². The summed E-state index contributed by atoms with van der Waals surface area (Å²) < 4.78 is 1.64. The second-order valence-electron chi connectivity index (χ2n) is 3.97. The van der Waals surface area contributed by atoms with Crippen molar-refractivity contribution in [3.05, 3.63) is 72.6 Å². The summed E-state index contributed by atoms with van der Waals surface area (Å²) in [6, 6.07) is 17.3. The minimum atomic E-state index is 0.00167. The summed E-state index contributed by atoms with van der Waals surface area (Å²) in [6.07, 6.45) is 3.73. The van der Waals surface area contributed by atoms with E-state index in [-0.39, 0.29) is 5.91 Å². The van der Waals surface area contributed by atoms with Gasteiger partial charge in [-0.3, -0.25) is 9.36 Å². The van der Waals surface area contributed by atoms with Crippen molar-refractivity contribution in [2.45, 2.75) is 0 Å². The van der Waals surface area contributed by atoms with Crippen LogP contribution in [0, 0.1) is 0 Å². The van der Waals surface area contributed by atoms with Gasteiger partial charge in [-0.2, -0.15) is 0 Å². The Labute approximate surface area is 99.1 Å². The lowest BCUT2D eigenvalue weighted by atomic mass is 10.2. The van der Waals surface area contributed by atoms with Gasteiger partial charge in [0.05, 0.1) is 0 Å². The highest BCUT2D eigenvalue weighted by Gasteiger charge is 2.08. The first-order chi connectivity index (χ1) is 8.34. The molecular weight excluding hydrogens is 210 g/mol. The number of benzene rings is 2. The average Bonchev–Trinajstić information content (AvgIpc) is 2.82. The van der Waals surface area contributed by atoms with Gasteiger partial charge in [0.2, 0.25) is 0 Å². The Morgan fingerprint density at radius 2 is 1.29 bits per heavy atom. The number of carbonyl (C=O) groups is 1. The van der Waals surface area contributed by atoms with Gasteiger partial charge in [-0.15, -0.1) is 0 Å². The van der Waals surface area contributed by atoms with Crippen LogP contribution in [-0.2, 0) is 0 Å². The fraction of sp³-hybridized carbons (Fsp3) is 0. The van der Waals surface area contributed by atoms with Crippen LogP contribution in [-0.4, -0.2) is 10.5 Å². The van der Waals surface area contributed by atoms with Crippen molar-refractivity contribution in [2.75, 3.05) is 0 Å². The van der Waals surface area contributed by atoms with Crippen molar-refractivity contribution in [1.82, 2.24) is 4.57 Å². The first kappa shape index (κ1) is 9.85. The van der Waals surface area contributed by atoms with Crippen LogP contribution in [0.1, 0.15) is 10.4 Å². The third-order valence-corrected chi connectivity index (χ3v) is 2.81. The molecule has 0 saturated heterocycles. The van der Waals surface area contributed by atoms with Crippen molar-refractivity contribution >= 4 is 16.7 Å². The smallest absolute Gasteiger partial charge is 0.261 e. The zero-order valence-corrected chi connectivity index (χ0v) is 9.21. The monoisotopic (exact) mass is 221 g/mol. The highest BCUT2D eigenvalue weighted by atomic mass is 16.2. The van der Waals surface area contributed by atoms with E-state index < -0.39 is 0 Å². The maximum absolute atomic E-state index is 12.2. The quantitative estimate of drug-likeness (QED) is 0.617. The van der Waals surface area contributed by atoms with E-state index in [1.807, 2.05) is 67.0 Å². The first-order valence-corrected chi connectivity index (χ1v) is 5.51. The second kappa shape index (κ2) is 3.91. The maximum atomic E-state index is 12.2. The number of aromatic nitrogens is 1. The van der Waals surface area contributed by atoms with Gasteiger partial charge in [0.1, 0.15) is 0 Å². The summed E-state index contributed by atoms with van der Waals surface area (Å²) in [6.45, 7) is 0. The van der Waals surface area contributed by atoms with Crippen molar-refractivity contribution in [3.63, 3.8) is 0 Å². The van der Waals surface area contributed by atoms with Gasteiger partial charge in [0, 0.05) is 18.0 Å². The van der Waals surface area contributed by atoms with E-state index >= 15 is 0 Å². The number of rotatable bonds is 1. The predicted molar refractivity (Wildman–Crippen MR) is 68.1 cm³/mol. The molecule has 3 rings (SSSR count). The molecule has 0 unspecified atom stereocenters. The van der Waals surface area contributed by atoms with E-state index in [1.54, 1.807) is 4.57 Å². The minimum absolute atomic E-state index is 0.00167. The molecule has 0 N–H and O–H groups in total. The van der Waals surface area contributed by atoms with Crippen LogP contribution in [0.5, 0.6) is 0 Å². The first-order valence-electron chi connectivity index (χ1n) is 5.51.